The number of hydrogen-bond donors (Lipinski definition) is 4. The molecule has 2 saturated carbocycles. The average Bonchev–Trinajstić information content (AvgIpc) is 3.38. The fourth-order valence-corrected chi connectivity index (χ4v) is 5.97. The first-order valence-electron chi connectivity index (χ1n) is 11.7. The zero-order chi connectivity index (χ0) is 24.7. The molecule has 1 amide bonds. The van der Waals surface area contributed by atoms with Crippen molar-refractivity contribution in [3.05, 3.63) is 33.4 Å². The molecule has 0 radical (unpaired) electrons. The molecule has 3 aromatic rings. The minimum atomic E-state index is -0.299. The van der Waals surface area contributed by atoms with Crippen LogP contribution in [0, 0.1) is 5.92 Å². The van der Waals surface area contributed by atoms with E-state index < -0.39 is 0 Å². The van der Waals surface area contributed by atoms with Crippen LogP contribution in [0.2, 0.25) is 15.1 Å². The number of benzene rings is 1. The van der Waals surface area contributed by atoms with Gasteiger partial charge < -0.3 is 21.5 Å². The number of nitrogens with zero attached hydrogens (tertiary/aromatic N) is 4. The first-order chi connectivity index (χ1) is 16.8. The van der Waals surface area contributed by atoms with Crippen LogP contribution in [-0.2, 0) is 4.79 Å². The molecule has 5 rings (SSSR count). The number of anilines is 3. The molecular formula is C23H26Cl3N7O2. The quantitative estimate of drug-likeness (QED) is 0.344. The van der Waals surface area contributed by atoms with Gasteiger partial charge in [0.1, 0.15) is 5.52 Å². The van der Waals surface area contributed by atoms with Crippen molar-refractivity contribution >= 4 is 69.5 Å². The fourth-order valence-electron chi connectivity index (χ4n) is 5.06. The largest absolute Gasteiger partial charge is 0.393 e. The summed E-state index contributed by atoms with van der Waals surface area (Å²) in [6.07, 6.45) is 6.55. The summed E-state index contributed by atoms with van der Waals surface area (Å²) in [5.41, 5.74) is 7.31. The van der Waals surface area contributed by atoms with Crippen LogP contribution in [0.3, 0.4) is 0 Å². The molecule has 186 valence electrons. The van der Waals surface area contributed by atoms with Gasteiger partial charge in [-0.2, -0.15) is 4.98 Å². The van der Waals surface area contributed by atoms with Gasteiger partial charge in [0.25, 0.3) is 0 Å². The van der Waals surface area contributed by atoms with Gasteiger partial charge in [0.15, 0.2) is 5.65 Å². The summed E-state index contributed by atoms with van der Waals surface area (Å²) in [7, 11) is 0. The predicted octanol–water partition coefficient (Wildman–Crippen LogP) is 5.07. The lowest BCUT2D eigenvalue weighted by Gasteiger charge is -2.29. The van der Waals surface area contributed by atoms with E-state index in [-0.39, 0.29) is 30.0 Å². The minimum Gasteiger partial charge on any atom is -0.393 e. The fraction of sp³-hybridized carbons (Fsp3) is 0.478. The average molecular weight is 539 g/mol. The lowest BCUT2D eigenvalue weighted by Crippen LogP contribution is -2.29. The van der Waals surface area contributed by atoms with Gasteiger partial charge in [-0.1, -0.05) is 34.8 Å². The lowest BCUT2D eigenvalue weighted by atomic mass is 9.85. The van der Waals surface area contributed by atoms with Crippen molar-refractivity contribution < 1.29 is 9.90 Å². The van der Waals surface area contributed by atoms with Gasteiger partial charge in [0, 0.05) is 23.0 Å². The Hall–Kier alpha value is -2.33. The smallest absolute Gasteiger partial charge is 0.224 e. The second-order valence-corrected chi connectivity index (χ2v) is 10.5. The summed E-state index contributed by atoms with van der Waals surface area (Å²) in [6.45, 7) is 0. The Morgan fingerprint density at radius 1 is 1.06 bits per heavy atom. The summed E-state index contributed by atoms with van der Waals surface area (Å²) in [5, 5.41) is 17.6. The summed E-state index contributed by atoms with van der Waals surface area (Å²) in [5.74, 6) is 0.622. The Morgan fingerprint density at radius 3 is 2.40 bits per heavy atom. The summed E-state index contributed by atoms with van der Waals surface area (Å²) >= 11 is 18.9. The standard InChI is InChI=1S/C23H26Cl3N7O2/c24-12-7-16(25)19(17(26)8-12)31-23-30-18-10-28-22(29-13-3-6-15(34)9-13)32-21(18)33(23)14-4-1-11(2-5-14)20(27)35/h7-8,10-11,13-15,34H,1-6,9H2,(H2,27,35)(H,30,31)(H,28,29,32)/t11-,13-,14+,15+/m1/s1. The first kappa shape index (κ1) is 24.4. The number of primary amides is 1. The number of halogens is 3. The Kier molecular flexibility index (Phi) is 6.94. The van der Waals surface area contributed by atoms with Gasteiger partial charge in [-0.15, -0.1) is 0 Å². The molecule has 2 heterocycles. The Balaban J connectivity index is 1.52. The van der Waals surface area contributed by atoms with Crippen LogP contribution < -0.4 is 16.4 Å². The number of rotatable bonds is 6. The molecule has 0 spiro atoms. The molecular weight excluding hydrogens is 513 g/mol. The second kappa shape index (κ2) is 9.97. The highest BCUT2D eigenvalue weighted by molar-refractivity contribution is 6.41. The van der Waals surface area contributed by atoms with Gasteiger partial charge >= 0.3 is 0 Å². The topological polar surface area (TPSA) is 131 Å². The van der Waals surface area contributed by atoms with Crippen LogP contribution in [0.1, 0.15) is 51.0 Å². The molecule has 12 heteroatoms. The summed E-state index contributed by atoms with van der Waals surface area (Å²) in [6, 6.07) is 3.38. The van der Waals surface area contributed by atoms with Crippen molar-refractivity contribution in [2.24, 2.45) is 11.7 Å². The molecule has 0 aliphatic heterocycles. The maximum Gasteiger partial charge on any atom is 0.224 e. The molecule has 2 atom stereocenters. The molecule has 9 nitrogen and oxygen atoms in total. The lowest BCUT2D eigenvalue weighted by molar-refractivity contribution is -0.122. The normalized spacial score (nSPS) is 24.6. The monoisotopic (exact) mass is 537 g/mol. The van der Waals surface area contributed by atoms with Crippen LogP contribution >= 0.6 is 34.8 Å². The molecule has 0 bridgehead atoms. The van der Waals surface area contributed by atoms with E-state index in [1.165, 1.54) is 0 Å². The third-order valence-corrected chi connectivity index (χ3v) is 7.69. The van der Waals surface area contributed by atoms with Crippen molar-refractivity contribution in [1.29, 1.82) is 0 Å². The number of fused-ring (bicyclic) bond motifs is 1. The van der Waals surface area contributed by atoms with E-state index in [4.69, 9.17) is 50.5 Å². The van der Waals surface area contributed by atoms with Gasteiger partial charge in [0.05, 0.1) is 28.0 Å². The Bertz CT molecular complexity index is 1240. The number of carbonyl (C=O) groups is 1. The molecule has 2 aromatic heterocycles. The van der Waals surface area contributed by atoms with Crippen molar-refractivity contribution in [3.8, 4) is 0 Å². The maximum absolute atomic E-state index is 11.7. The van der Waals surface area contributed by atoms with E-state index in [1.54, 1.807) is 18.3 Å². The van der Waals surface area contributed by atoms with Crippen molar-refractivity contribution in [2.75, 3.05) is 10.6 Å². The van der Waals surface area contributed by atoms with E-state index in [0.717, 1.165) is 25.7 Å². The van der Waals surface area contributed by atoms with Crippen LogP contribution in [0.4, 0.5) is 17.6 Å². The van der Waals surface area contributed by atoms with Gasteiger partial charge in [0.2, 0.25) is 17.8 Å². The van der Waals surface area contributed by atoms with Crippen LogP contribution in [-0.4, -0.2) is 42.7 Å². The number of amides is 1. The van der Waals surface area contributed by atoms with Crippen molar-refractivity contribution in [2.45, 2.75) is 63.1 Å². The molecule has 0 saturated heterocycles. The number of aromatic nitrogens is 4. The number of aliphatic hydroxyl groups is 1. The van der Waals surface area contributed by atoms with E-state index in [9.17, 15) is 9.90 Å². The van der Waals surface area contributed by atoms with E-state index in [1.807, 2.05) is 4.57 Å². The van der Waals surface area contributed by atoms with Crippen LogP contribution in [0.15, 0.2) is 18.3 Å². The highest BCUT2D eigenvalue weighted by atomic mass is 35.5. The molecule has 0 unspecified atom stereocenters. The van der Waals surface area contributed by atoms with Crippen LogP contribution in [0.25, 0.3) is 11.2 Å². The number of carbonyl (C=O) groups excluding carboxylic acids is 1. The zero-order valence-corrected chi connectivity index (χ0v) is 21.1. The van der Waals surface area contributed by atoms with Crippen molar-refractivity contribution in [3.63, 3.8) is 0 Å². The highest BCUT2D eigenvalue weighted by Gasteiger charge is 2.30. The van der Waals surface area contributed by atoms with E-state index >= 15 is 0 Å². The molecule has 1 aromatic carbocycles. The van der Waals surface area contributed by atoms with E-state index in [2.05, 4.69) is 15.6 Å². The highest BCUT2D eigenvalue weighted by Crippen LogP contribution is 2.40. The SMILES string of the molecule is NC(=O)[C@H]1CC[C@@H](n2c(Nc3c(Cl)cc(Cl)cc3Cl)nc3cnc(N[C@@H]4CC[C@H](O)C4)nc32)CC1. The van der Waals surface area contributed by atoms with Gasteiger partial charge in [-0.3, -0.25) is 9.36 Å². The van der Waals surface area contributed by atoms with Gasteiger partial charge in [-0.25, -0.2) is 9.97 Å². The van der Waals surface area contributed by atoms with Crippen LogP contribution in [0.5, 0.6) is 0 Å². The number of nitrogens with two attached hydrogens (primary N) is 1. The number of hydrogen-bond acceptors (Lipinski definition) is 7. The molecule has 35 heavy (non-hydrogen) atoms. The minimum absolute atomic E-state index is 0.0407. The maximum atomic E-state index is 11.7. The number of nitrogens with one attached hydrogen (secondary N) is 2. The van der Waals surface area contributed by atoms with Crippen molar-refractivity contribution in [1.82, 2.24) is 19.5 Å². The second-order valence-electron chi connectivity index (χ2n) is 9.29. The molecule has 2 aliphatic carbocycles. The number of imidazole rings is 1. The Morgan fingerprint density at radius 2 is 1.77 bits per heavy atom. The molecule has 2 aliphatic rings. The predicted molar refractivity (Wildman–Crippen MR) is 138 cm³/mol. The summed E-state index contributed by atoms with van der Waals surface area (Å²) in [4.78, 5) is 25.7. The van der Waals surface area contributed by atoms with Gasteiger partial charge in [-0.05, 0) is 57.1 Å². The third kappa shape index (κ3) is 5.14. The van der Waals surface area contributed by atoms with E-state index in [0.29, 0.717) is 63.1 Å². The molecule has 2 fully saturated rings. The zero-order valence-electron chi connectivity index (χ0n) is 18.8. The molecule has 5 N–H and O–H groups in total. The summed E-state index contributed by atoms with van der Waals surface area (Å²) < 4.78 is 2.03. The number of aliphatic hydroxyl groups excluding tert-OH is 1. The third-order valence-electron chi connectivity index (χ3n) is 6.88. The Labute approximate surface area is 217 Å². The first-order valence-corrected chi connectivity index (χ1v) is 12.8.